The summed E-state index contributed by atoms with van der Waals surface area (Å²) >= 11 is 0. The molecule has 7 heteroatoms. The maximum Gasteiger partial charge on any atom is 0.166 e. The van der Waals surface area contributed by atoms with E-state index in [1.165, 1.54) is 0 Å². The molecule has 1 fully saturated rings. The average Bonchev–Trinajstić information content (AvgIpc) is 3.02. The second-order valence-corrected chi connectivity index (χ2v) is 5.32. The fraction of sp³-hybridized carbons (Fsp3) is 0.615. The SMILES string of the molecule is OC[C@@H]1CC[C@H](n2nc3c4c(ncnc42)NCCC3)O1. The van der Waals surface area contributed by atoms with E-state index < -0.39 is 0 Å². The third kappa shape index (κ3) is 1.77. The first-order chi connectivity index (χ1) is 9.86. The van der Waals surface area contributed by atoms with Crippen LogP contribution in [0, 0.1) is 0 Å². The van der Waals surface area contributed by atoms with Gasteiger partial charge in [-0.15, -0.1) is 0 Å². The van der Waals surface area contributed by atoms with Crippen molar-refractivity contribution in [2.45, 2.75) is 38.0 Å². The van der Waals surface area contributed by atoms with Gasteiger partial charge in [0, 0.05) is 6.54 Å². The Kier molecular flexibility index (Phi) is 2.82. The van der Waals surface area contributed by atoms with Crippen molar-refractivity contribution in [3.63, 3.8) is 0 Å². The van der Waals surface area contributed by atoms with Crippen LogP contribution in [0.4, 0.5) is 5.82 Å². The molecule has 0 spiro atoms. The Labute approximate surface area is 116 Å². The number of hydrogen-bond donors (Lipinski definition) is 2. The molecule has 2 aliphatic rings. The summed E-state index contributed by atoms with van der Waals surface area (Å²) in [6.45, 7) is 0.972. The quantitative estimate of drug-likeness (QED) is 0.845. The number of nitrogens with one attached hydrogen (secondary N) is 1. The normalized spacial score (nSPS) is 25.6. The molecule has 1 saturated heterocycles. The van der Waals surface area contributed by atoms with Gasteiger partial charge >= 0.3 is 0 Å². The Morgan fingerprint density at radius 2 is 2.35 bits per heavy atom. The van der Waals surface area contributed by atoms with Crippen LogP contribution < -0.4 is 5.32 Å². The summed E-state index contributed by atoms with van der Waals surface area (Å²) in [7, 11) is 0. The number of rotatable bonds is 2. The molecule has 0 radical (unpaired) electrons. The van der Waals surface area contributed by atoms with Gasteiger partial charge in [-0.1, -0.05) is 0 Å². The van der Waals surface area contributed by atoms with Crippen molar-refractivity contribution >= 4 is 16.9 Å². The van der Waals surface area contributed by atoms with E-state index >= 15 is 0 Å². The third-order valence-corrected chi connectivity index (χ3v) is 4.01. The van der Waals surface area contributed by atoms with E-state index in [-0.39, 0.29) is 18.9 Å². The molecule has 0 amide bonds. The molecule has 0 bridgehead atoms. The molecule has 2 aromatic rings. The monoisotopic (exact) mass is 275 g/mol. The first-order valence-corrected chi connectivity index (χ1v) is 7.09. The zero-order valence-corrected chi connectivity index (χ0v) is 11.1. The zero-order chi connectivity index (χ0) is 13.5. The lowest BCUT2D eigenvalue weighted by Gasteiger charge is -2.13. The summed E-state index contributed by atoms with van der Waals surface area (Å²) in [5, 5.41) is 18.2. The highest BCUT2D eigenvalue weighted by Gasteiger charge is 2.30. The van der Waals surface area contributed by atoms with Gasteiger partial charge in [0.05, 0.1) is 23.8 Å². The highest BCUT2D eigenvalue weighted by Crippen LogP contribution is 2.33. The molecule has 2 atom stereocenters. The van der Waals surface area contributed by atoms with E-state index in [1.807, 2.05) is 4.68 Å². The average molecular weight is 275 g/mol. The van der Waals surface area contributed by atoms with E-state index in [1.54, 1.807) is 6.33 Å². The Morgan fingerprint density at radius 3 is 3.20 bits per heavy atom. The van der Waals surface area contributed by atoms with Crippen LogP contribution in [-0.4, -0.2) is 44.1 Å². The Morgan fingerprint density at radius 1 is 1.40 bits per heavy atom. The third-order valence-electron chi connectivity index (χ3n) is 4.01. The molecule has 2 aromatic heterocycles. The summed E-state index contributed by atoms with van der Waals surface area (Å²) in [6, 6.07) is 0. The number of aliphatic hydroxyl groups excluding tert-OH is 1. The summed E-state index contributed by atoms with van der Waals surface area (Å²) in [5.41, 5.74) is 1.86. The maximum absolute atomic E-state index is 9.20. The number of anilines is 1. The van der Waals surface area contributed by atoms with E-state index in [0.29, 0.717) is 0 Å². The fourth-order valence-electron chi connectivity index (χ4n) is 3.02. The topological polar surface area (TPSA) is 85.1 Å². The Balaban J connectivity index is 1.81. The maximum atomic E-state index is 9.20. The van der Waals surface area contributed by atoms with Gasteiger partial charge in [0.2, 0.25) is 0 Å². The lowest BCUT2D eigenvalue weighted by Crippen LogP contribution is -2.16. The first-order valence-electron chi connectivity index (χ1n) is 7.09. The van der Waals surface area contributed by atoms with E-state index in [9.17, 15) is 5.11 Å². The molecule has 20 heavy (non-hydrogen) atoms. The molecule has 4 rings (SSSR count). The summed E-state index contributed by atoms with van der Waals surface area (Å²) in [4.78, 5) is 8.70. The molecule has 4 heterocycles. The van der Waals surface area contributed by atoms with Gasteiger partial charge in [-0.05, 0) is 25.7 Å². The van der Waals surface area contributed by atoms with Crippen molar-refractivity contribution in [1.82, 2.24) is 19.7 Å². The number of hydrogen-bond acceptors (Lipinski definition) is 6. The standard InChI is InChI=1S/C13H17N5O2/c19-6-8-3-4-10(20-8)18-13-11-9(17-18)2-1-5-14-12(11)15-7-16-13/h7-8,10,19H,1-6H2,(H,14,15,16)/t8-,10+/m0/s1. The molecule has 0 aromatic carbocycles. The van der Waals surface area contributed by atoms with Crippen molar-refractivity contribution in [3.8, 4) is 0 Å². The van der Waals surface area contributed by atoms with Gasteiger partial charge in [-0.2, -0.15) is 5.10 Å². The predicted octanol–water partition coefficient (Wildman–Crippen LogP) is 0.854. The van der Waals surface area contributed by atoms with Crippen molar-refractivity contribution in [2.24, 2.45) is 0 Å². The van der Waals surface area contributed by atoms with Crippen molar-refractivity contribution in [2.75, 3.05) is 18.5 Å². The van der Waals surface area contributed by atoms with Crippen LogP contribution in [0.25, 0.3) is 11.0 Å². The number of aromatic nitrogens is 4. The molecule has 106 valence electrons. The lowest BCUT2D eigenvalue weighted by atomic mass is 10.2. The van der Waals surface area contributed by atoms with Crippen LogP contribution in [0.2, 0.25) is 0 Å². The molecule has 7 nitrogen and oxygen atoms in total. The van der Waals surface area contributed by atoms with Gasteiger partial charge in [0.15, 0.2) is 11.9 Å². The molecule has 0 aliphatic carbocycles. The van der Waals surface area contributed by atoms with Gasteiger partial charge in [0.25, 0.3) is 0 Å². The number of aryl methyl sites for hydroxylation is 1. The van der Waals surface area contributed by atoms with Gasteiger partial charge < -0.3 is 15.2 Å². The summed E-state index contributed by atoms with van der Waals surface area (Å²) < 4.78 is 7.68. The van der Waals surface area contributed by atoms with Crippen LogP contribution in [-0.2, 0) is 11.2 Å². The molecule has 2 N–H and O–H groups in total. The smallest absolute Gasteiger partial charge is 0.166 e. The number of nitrogens with zero attached hydrogens (tertiary/aromatic N) is 4. The second kappa shape index (κ2) is 4.68. The van der Waals surface area contributed by atoms with Crippen LogP contribution in [0.5, 0.6) is 0 Å². The van der Waals surface area contributed by atoms with E-state index in [0.717, 1.165) is 54.8 Å². The second-order valence-electron chi connectivity index (χ2n) is 5.32. The highest BCUT2D eigenvalue weighted by atomic mass is 16.5. The van der Waals surface area contributed by atoms with Crippen molar-refractivity contribution < 1.29 is 9.84 Å². The minimum Gasteiger partial charge on any atom is -0.394 e. The summed E-state index contributed by atoms with van der Waals surface area (Å²) in [6.07, 6.45) is 5.01. The highest BCUT2D eigenvalue weighted by molar-refractivity contribution is 5.89. The minimum absolute atomic E-state index is 0.0599. The van der Waals surface area contributed by atoms with Crippen LogP contribution >= 0.6 is 0 Å². The zero-order valence-electron chi connectivity index (χ0n) is 11.1. The van der Waals surface area contributed by atoms with E-state index in [4.69, 9.17) is 9.84 Å². The first kappa shape index (κ1) is 12.0. The van der Waals surface area contributed by atoms with Crippen molar-refractivity contribution in [1.29, 1.82) is 0 Å². The van der Waals surface area contributed by atoms with Crippen molar-refractivity contribution in [3.05, 3.63) is 12.0 Å². The largest absolute Gasteiger partial charge is 0.394 e. The van der Waals surface area contributed by atoms with E-state index in [2.05, 4.69) is 15.3 Å². The fourth-order valence-corrected chi connectivity index (χ4v) is 3.02. The Bertz CT molecular complexity index is 641. The number of aliphatic hydroxyl groups is 1. The number of ether oxygens (including phenoxy) is 1. The minimum atomic E-state index is -0.134. The van der Waals surface area contributed by atoms with Gasteiger partial charge in [-0.3, -0.25) is 0 Å². The molecule has 0 saturated carbocycles. The molecular formula is C13H17N5O2. The van der Waals surface area contributed by atoms with Gasteiger partial charge in [-0.25, -0.2) is 14.6 Å². The molecule has 0 unspecified atom stereocenters. The summed E-state index contributed by atoms with van der Waals surface area (Å²) in [5.74, 6) is 0.866. The van der Waals surface area contributed by atoms with Crippen LogP contribution in [0.1, 0.15) is 31.2 Å². The Hall–Kier alpha value is -1.73. The predicted molar refractivity (Wildman–Crippen MR) is 72.4 cm³/mol. The molecular weight excluding hydrogens is 258 g/mol. The van der Waals surface area contributed by atoms with Crippen LogP contribution in [0.15, 0.2) is 6.33 Å². The van der Waals surface area contributed by atoms with Gasteiger partial charge in [0.1, 0.15) is 12.1 Å². The molecule has 2 aliphatic heterocycles. The lowest BCUT2D eigenvalue weighted by molar-refractivity contribution is -0.0264. The van der Waals surface area contributed by atoms with Crippen LogP contribution in [0.3, 0.4) is 0 Å².